The zero-order valence-electron chi connectivity index (χ0n) is 19.7. The van der Waals surface area contributed by atoms with Gasteiger partial charge in [-0.15, -0.1) is 0 Å². The van der Waals surface area contributed by atoms with Crippen LogP contribution in [0.1, 0.15) is 122 Å². The van der Waals surface area contributed by atoms with Crippen LogP contribution < -0.4 is 0 Å². The van der Waals surface area contributed by atoms with Crippen LogP contribution in [-0.4, -0.2) is 35.6 Å². The second-order valence-electron chi connectivity index (χ2n) is 8.99. The summed E-state index contributed by atoms with van der Waals surface area (Å²) >= 11 is 0. The normalized spacial score (nSPS) is 14.9. The molecule has 30 heavy (non-hydrogen) atoms. The van der Waals surface area contributed by atoms with Gasteiger partial charge in [-0.3, -0.25) is 4.79 Å². The molecule has 0 aromatic carbocycles. The minimum atomic E-state index is 0.175. The van der Waals surface area contributed by atoms with E-state index in [9.17, 15) is 4.79 Å². The van der Waals surface area contributed by atoms with Crippen molar-refractivity contribution in [3.05, 3.63) is 24.3 Å². The Labute approximate surface area is 187 Å². The minimum Gasteiger partial charge on any atom is -0.396 e. The number of amides is 1. The molecule has 3 heteroatoms. The Bertz CT molecular complexity index is 438. The van der Waals surface area contributed by atoms with Crippen molar-refractivity contribution in [1.82, 2.24) is 4.90 Å². The lowest BCUT2D eigenvalue weighted by Crippen LogP contribution is -2.34. The molecular weight excluding hydrogens is 370 g/mol. The Kier molecular flexibility index (Phi) is 19.0. The Morgan fingerprint density at radius 3 is 1.60 bits per heavy atom. The monoisotopic (exact) mass is 419 g/mol. The number of hydrogen-bond donors (Lipinski definition) is 1. The maximum Gasteiger partial charge on any atom is 0.246 e. The van der Waals surface area contributed by atoms with Gasteiger partial charge in [-0.2, -0.15) is 0 Å². The summed E-state index contributed by atoms with van der Waals surface area (Å²) in [5, 5.41) is 8.74. The molecule has 0 aromatic rings. The van der Waals surface area contributed by atoms with Gasteiger partial charge >= 0.3 is 0 Å². The highest BCUT2D eigenvalue weighted by Gasteiger charge is 2.13. The molecule has 0 aromatic heterocycles. The number of carbonyl (C=O) groups is 1. The van der Waals surface area contributed by atoms with E-state index >= 15 is 0 Å². The second-order valence-corrected chi connectivity index (χ2v) is 8.99. The molecule has 0 radical (unpaired) electrons. The molecule has 1 aliphatic heterocycles. The van der Waals surface area contributed by atoms with E-state index in [0.29, 0.717) is 6.61 Å². The smallest absolute Gasteiger partial charge is 0.246 e. The molecule has 1 N–H and O–H groups in total. The van der Waals surface area contributed by atoms with E-state index in [1.807, 2.05) is 17.1 Å². The van der Waals surface area contributed by atoms with Gasteiger partial charge < -0.3 is 10.0 Å². The van der Waals surface area contributed by atoms with Gasteiger partial charge in [-0.25, -0.2) is 0 Å². The molecule has 1 saturated heterocycles. The number of allylic oxidation sites excluding steroid dienone is 3. The summed E-state index contributed by atoms with van der Waals surface area (Å²) in [5.74, 6) is 0.175. The highest BCUT2D eigenvalue weighted by Crippen LogP contribution is 2.14. The third-order valence-corrected chi connectivity index (χ3v) is 6.18. The molecule has 174 valence electrons. The lowest BCUT2D eigenvalue weighted by Gasteiger charge is -2.25. The Morgan fingerprint density at radius 1 is 0.633 bits per heavy atom. The van der Waals surface area contributed by atoms with E-state index in [4.69, 9.17) is 5.11 Å². The van der Waals surface area contributed by atoms with Crippen molar-refractivity contribution in [2.45, 2.75) is 122 Å². The van der Waals surface area contributed by atoms with E-state index in [0.717, 1.165) is 38.8 Å². The largest absolute Gasteiger partial charge is 0.396 e. The zero-order chi connectivity index (χ0) is 21.5. The van der Waals surface area contributed by atoms with Gasteiger partial charge in [0.05, 0.1) is 0 Å². The molecule has 1 amide bonds. The second kappa shape index (κ2) is 21.2. The zero-order valence-corrected chi connectivity index (χ0v) is 19.7. The summed E-state index contributed by atoms with van der Waals surface area (Å²) in [6.07, 6.45) is 32.6. The molecule has 1 heterocycles. The summed E-state index contributed by atoms with van der Waals surface area (Å²) in [5.41, 5.74) is 0. The average Bonchev–Trinajstić information content (AvgIpc) is 2.78. The van der Waals surface area contributed by atoms with Gasteiger partial charge in [0.2, 0.25) is 5.91 Å². The number of rotatable bonds is 19. The molecule has 0 saturated carbocycles. The van der Waals surface area contributed by atoms with Crippen LogP contribution in [0.3, 0.4) is 0 Å². The van der Waals surface area contributed by atoms with E-state index < -0.39 is 0 Å². The van der Waals surface area contributed by atoms with Crippen molar-refractivity contribution >= 4 is 5.91 Å². The molecule has 1 aliphatic rings. The first-order valence-corrected chi connectivity index (χ1v) is 13.1. The SMILES string of the molecule is O=C(/C=C\C=C/CCCCCCCCCCCCCCCCCO)N1CCCCC1. The average molecular weight is 420 g/mol. The number of piperidine rings is 1. The van der Waals surface area contributed by atoms with Crippen LogP contribution in [0, 0.1) is 0 Å². The standard InChI is InChI=1S/C27H49NO2/c29-26-22-17-15-13-11-9-7-5-3-1-2-4-6-8-10-12-14-16-19-23-27(30)28-24-20-18-21-25-28/h14,16,19,23,29H,1-13,15,17-18,20-22,24-26H2/b16-14-,23-19-. The number of nitrogens with zero attached hydrogens (tertiary/aromatic N) is 1. The van der Waals surface area contributed by atoms with Crippen molar-refractivity contribution in [1.29, 1.82) is 0 Å². The maximum atomic E-state index is 12.0. The van der Waals surface area contributed by atoms with Crippen LogP contribution in [0.15, 0.2) is 24.3 Å². The van der Waals surface area contributed by atoms with Crippen molar-refractivity contribution in [2.24, 2.45) is 0 Å². The highest BCUT2D eigenvalue weighted by molar-refractivity contribution is 5.87. The fourth-order valence-corrected chi connectivity index (χ4v) is 4.20. The quantitative estimate of drug-likeness (QED) is 0.135. The summed E-state index contributed by atoms with van der Waals surface area (Å²) in [6, 6.07) is 0. The molecule has 1 fully saturated rings. The van der Waals surface area contributed by atoms with Gasteiger partial charge in [0, 0.05) is 25.8 Å². The molecular formula is C27H49NO2. The summed E-state index contributed by atoms with van der Waals surface area (Å²) in [6.45, 7) is 2.22. The van der Waals surface area contributed by atoms with Crippen molar-refractivity contribution < 1.29 is 9.90 Å². The van der Waals surface area contributed by atoms with Gasteiger partial charge in [0.15, 0.2) is 0 Å². The van der Waals surface area contributed by atoms with Crippen LogP contribution in [0.25, 0.3) is 0 Å². The first kappa shape index (κ1) is 26.9. The minimum absolute atomic E-state index is 0.175. The number of likely N-dealkylation sites (tertiary alicyclic amines) is 1. The third kappa shape index (κ3) is 16.7. The van der Waals surface area contributed by atoms with Crippen LogP contribution >= 0.6 is 0 Å². The van der Waals surface area contributed by atoms with E-state index in [-0.39, 0.29) is 5.91 Å². The van der Waals surface area contributed by atoms with E-state index in [1.165, 1.54) is 96.3 Å². The number of aliphatic hydroxyl groups is 1. The van der Waals surface area contributed by atoms with Gasteiger partial charge in [0.1, 0.15) is 0 Å². The van der Waals surface area contributed by atoms with Crippen molar-refractivity contribution in [3.63, 3.8) is 0 Å². The van der Waals surface area contributed by atoms with Crippen molar-refractivity contribution in [2.75, 3.05) is 19.7 Å². The first-order valence-electron chi connectivity index (χ1n) is 13.1. The molecule has 0 aliphatic carbocycles. The molecule has 1 rings (SSSR count). The maximum absolute atomic E-state index is 12.0. The predicted molar refractivity (Wildman–Crippen MR) is 130 cm³/mol. The molecule has 0 unspecified atom stereocenters. The van der Waals surface area contributed by atoms with Gasteiger partial charge in [-0.05, 0) is 38.5 Å². The van der Waals surface area contributed by atoms with Crippen molar-refractivity contribution in [3.8, 4) is 0 Å². The van der Waals surface area contributed by atoms with Crippen LogP contribution in [0.2, 0.25) is 0 Å². The highest BCUT2D eigenvalue weighted by atomic mass is 16.2. The van der Waals surface area contributed by atoms with Crippen LogP contribution in [0.4, 0.5) is 0 Å². The molecule has 0 spiro atoms. The third-order valence-electron chi connectivity index (χ3n) is 6.18. The molecule has 0 bridgehead atoms. The molecule has 0 atom stereocenters. The fourth-order valence-electron chi connectivity index (χ4n) is 4.20. The summed E-state index contributed by atoms with van der Waals surface area (Å²) < 4.78 is 0. The molecule has 3 nitrogen and oxygen atoms in total. The van der Waals surface area contributed by atoms with Gasteiger partial charge in [0.25, 0.3) is 0 Å². The number of aliphatic hydroxyl groups excluding tert-OH is 1. The lowest BCUT2D eigenvalue weighted by atomic mass is 10.0. The van der Waals surface area contributed by atoms with Crippen LogP contribution in [0.5, 0.6) is 0 Å². The lowest BCUT2D eigenvalue weighted by molar-refractivity contribution is -0.126. The Hall–Kier alpha value is -1.09. The van der Waals surface area contributed by atoms with Gasteiger partial charge in [-0.1, -0.05) is 102 Å². The Balaban J connectivity index is 1.77. The number of unbranched alkanes of at least 4 members (excludes halogenated alkanes) is 15. The van der Waals surface area contributed by atoms with Crippen LogP contribution in [-0.2, 0) is 4.79 Å². The number of hydrogen-bond acceptors (Lipinski definition) is 2. The first-order chi connectivity index (χ1) is 14.8. The number of carbonyl (C=O) groups excluding carboxylic acids is 1. The van der Waals surface area contributed by atoms with E-state index in [1.54, 1.807) is 6.08 Å². The fraction of sp³-hybridized carbons (Fsp3) is 0.815. The van der Waals surface area contributed by atoms with E-state index in [2.05, 4.69) is 6.08 Å². The predicted octanol–water partition coefficient (Wildman–Crippen LogP) is 7.35. The summed E-state index contributed by atoms with van der Waals surface area (Å²) in [4.78, 5) is 14.0. The summed E-state index contributed by atoms with van der Waals surface area (Å²) in [7, 11) is 0. The topological polar surface area (TPSA) is 40.5 Å². The Morgan fingerprint density at radius 2 is 1.10 bits per heavy atom.